The summed E-state index contributed by atoms with van der Waals surface area (Å²) in [7, 11) is -9.88. The molecule has 510 valence electrons. The zero-order chi connectivity index (χ0) is 63.5. The van der Waals surface area contributed by atoms with Crippen molar-refractivity contribution in [3.63, 3.8) is 0 Å². The molecule has 0 fully saturated rings. The van der Waals surface area contributed by atoms with Crippen LogP contribution in [0.2, 0.25) is 0 Å². The highest BCUT2D eigenvalue weighted by Crippen LogP contribution is 2.45. The van der Waals surface area contributed by atoms with E-state index < -0.39 is 97.5 Å². The molecule has 86 heavy (non-hydrogen) atoms. The van der Waals surface area contributed by atoms with Crippen LogP contribution in [0.4, 0.5) is 0 Å². The van der Waals surface area contributed by atoms with E-state index in [0.717, 1.165) is 95.8 Å². The second-order valence-corrected chi connectivity index (χ2v) is 27.6. The molecule has 0 aromatic carbocycles. The smallest absolute Gasteiger partial charge is 0.462 e. The third-order valence-corrected chi connectivity index (χ3v) is 17.4. The van der Waals surface area contributed by atoms with Gasteiger partial charge < -0.3 is 33.8 Å². The molecule has 3 N–H and O–H groups in total. The van der Waals surface area contributed by atoms with Gasteiger partial charge in [-0.2, -0.15) is 0 Å². The Morgan fingerprint density at radius 1 is 0.314 bits per heavy atom. The fraction of sp³-hybridized carbons (Fsp3) is 0.940. The first kappa shape index (κ1) is 84.1. The van der Waals surface area contributed by atoms with Gasteiger partial charge in [0, 0.05) is 25.7 Å². The van der Waals surface area contributed by atoms with Crippen LogP contribution in [0.3, 0.4) is 0 Å². The van der Waals surface area contributed by atoms with Gasteiger partial charge in [0.05, 0.1) is 26.4 Å². The summed E-state index contributed by atoms with van der Waals surface area (Å²) in [6.07, 6.45) is 45.9. The summed E-state index contributed by atoms with van der Waals surface area (Å²) in [5.74, 6) is -1.32. The topological polar surface area (TPSA) is 237 Å². The van der Waals surface area contributed by atoms with Gasteiger partial charge in [0.2, 0.25) is 0 Å². The quantitative estimate of drug-likeness (QED) is 0.0222. The van der Waals surface area contributed by atoms with Crippen molar-refractivity contribution in [2.45, 2.75) is 361 Å². The molecule has 0 saturated heterocycles. The molecular weight excluding hydrogens is 1140 g/mol. The normalized spacial score (nSPS) is 14.2. The first-order valence-corrected chi connectivity index (χ1v) is 38.1. The highest BCUT2D eigenvalue weighted by molar-refractivity contribution is 7.47. The Labute approximate surface area is 524 Å². The maximum absolute atomic E-state index is 13.0. The number of hydrogen-bond donors (Lipinski definition) is 3. The van der Waals surface area contributed by atoms with E-state index in [1.165, 1.54) is 167 Å². The minimum atomic E-state index is -4.94. The lowest BCUT2D eigenvalue weighted by atomic mass is 10.0. The molecule has 0 aromatic rings. The Balaban J connectivity index is 5.14. The number of rotatable bonds is 67. The summed E-state index contributed by atoms with van der Waals surface area (Å²) in [5.41, 5.74) is 0. The Morgan fingerprint density at radius 3 is 0.791 bits per heavy atom. The van der Waals surface area contributed by atoms with Crippen molar-refractivity contribution < 1.29 is 80.2 Å². The molecule has 17 nitrogen and oxygen atoms in total. The number of unbranched alkanes of at least 4 members (excludes halogenated alkanes) is 39. The van der Waals surface area contributed by atoms with E-state index in [9.17, 15) is 43.2 Å². The van der Waals surface area contributed by atoms with Crippen LogP contribution in [-0.4, -0.2) is 96.7 Å². The van der Waals surface area contributed by atoms with Gasteiger partial charge in [0.25, 0.3) is 0 Å². The van der Waals surface area contributed by atoms with Crippen LogP contribution in [0.25, 0.3) is 0 Å². The summed E-state index contributed by atoms with van der Waals surface area (Å²) in [6, 6.07) is 0. The van der Waals surface area contributed by atoms with Crippen molar-refractivity contribution in [2.24, 2.45) is 5.92 Å². The number of phosphoric acid groups is 2. The third-order valence-electron chi connectivity index (χ3n) is 15.5. The van der Waals surface area contributed by atoms with Crippen LogP contribution in [0.15, 0.2) is 0 Å². The van der Waals surface area contributed by atoms with Gasteiger partial charge in [-0.1, -0.05) is 291 Å². The molecule has 0 bridgehead atoms. The van der Waals surface area contributed by atoms with Crippen LogP contribution in [0.5, 0.6) is 0 Å². The standard InChI is InChI=1S/C67H130O17P2/c1-6-9-12-15-18-29-35-40-45-50-64(69)77-56-62(83-66(71)52-47-42-37-31-20-17-14-11-8-3)58-81-85(73,74)79-54-61(68)55-80-86(75,76)82-59-63(57-78-65(70)51-46-41-36-30-19-16-13-10-7-2)84-67(72)53-48-43-38-33-28-26-24-22-21-23-25-27-32-34-39-44-49-60(4)5/h60-63,68H,6-59H2,1-5H3,(H,73,74)(H,75,76)/t61-,62+,63+/m0/s1. The Kier molecular flexibility index (Phi) is 59.2. The van der Waals surface area contributed by atoms with Gasteiger partial charge >= 0.3 is 39.5 Å². The summed E-state index contributed by atoms with van der Waals surface area (Å²) >= 11 is 0. The van der Waals surface area contributed by atoms with Gasteiger partial charge in [-0.15, -0.1) is 0 Å². The zero-order valence-electron chi connectivity index (χ0n) is 55.4. The maximum atomic E-state index is 13.0. The van der Waals surface area contributed by atoms with E-state index in [2.05, 4.69) is 34.6 Å². The fourth-order valence-corrected chi connectivity index (χ4v) is 11.7. The van der Waals surface area contributed by atoms with E-state index >= 15 is 0 Å². The number of hydrogen-bond acceptors (Lipinski definition) is 15. The molecule has 0 spiro atoms. The number of aliphatic hydroxyl groups excluding tert-OH is 1. The van der Waals surface area contributed by atoms with Crippen molar-refractivity contribution in [1.82, 2.24) is 0 Å². The summed E-state index contributed by atoms with van der Waals surface area (Å²) in [6.45, 7) is 7.20. The van der Waals surface area contributed by atoms with E-state index in [-0.39, 0.29) is 25.7 Å². The van der Waals surface area contributed by atoms with Crippen LogP contribution in [0.1, 0.15) is 343 Å². The van der Waals surface area contributed by atoms with Gasteiger partial charge in [-0.25, -0.2) is 9.13 Å². The highest BCUT2D eigenvalue weighted by atomic mass is 31.2. The second kappa shape index (κ2) is 60.6. The lowest BCUT2D eigenvalue weighted by molar-refractivity contribution is -0.161. The number of esters is 4. The maximum Gasteiger partial charge on any atom is 0.472 e. The molecule has 19 heteroatoms. The molecule has 0 heterocycles. The van der Waals surface area contributed by atoms with E-state index in [4.69, 9.17) is 37.0 Å². The van der Waals surface area contributed by atoms with Gasteiger partial charge in [-0.05, 0) is 31.6 Å². The number of carbonyl (C=O) groups excluding carboxylic acids is 4. The molecule has 0 aliphatic rings. The zero-order valence-corrected chi connectivity index (χ0v) is 57.2. The Morgan fingerprint density at radius 2 is 0.535 bits per heavy atom. The predicted molar refractivity (Wildman–Crippen MR) is 345 cm³/mol. The molecule has 0 radical (unpaired) electrons. The highest BCUT2D eigenvalue weighted by Gasteiger charge is 2.30. The van der Waals surface area contributed by atoms with Crippen LogP contribution >= 0.6 is 15.6 Å². The average Bonchev–Trinajstić information content (AvgIpc) is 3.51. The lowest BCUT2D eigenvalue weighted by Crippen LogP contribution is -2.30. The second-order valence-electron chi connectivity index (χ2n) is 24.7. The van der Waals surface area contributed by atoms with E-state index in [0.29, 0.717) is 25.7 Å². The number of aliphatic hydroxyl groups is 1. The predicted octanol–water partition coefficient (Wildman–Crippen LogP) is 19.0. The molecule has 0 aliphatic heterocycles. The summed E-state index contributed by atoms with van der Waals surface area (Å²) in [5, 5.41) is 10.5. The average molecular weight is 1270 g/mol. The summed E-state index contributed by atoms with van der Waals surface area (Å²) in [4.78, 5) is 72.2. The molecule has 0 aromatic heterocycles. The van der Waals surface area contributed by atoms with Crippen molar-refractivity contribution in [2.75, 3.05) is 39.6 Å². The molecule has 0 aliphatic carbocycles. The van der Waals surface area contributed by atoms with Crippen LogP contribution in [-0.2, 0) is 65.4 Å². The van der Waals surface area contributed by atoms with Crippen molar-refractivity contribution in [1.29, 1.82) is 0 Å². The van der Waals surface area contributed by atoms with Crippen LogP contribution < -0.4 is 0 Å². The monoisotopic (exact) mass is 1270 g/mol. The molecule has 0 saturated carbocycles. The Hall–Kier alpha value is -1.94. The number of ether oxygens (including phenoxy) is 4. The van der Waals surface area contributed by atoms with Crippen LogP contribution in [0, 0.1) is 5.92 Å². The van der Waals surface area contributed by atoms with Crippen molar-refractivity contribution in [3.8, 4) is 0 Å². The summed E-state index contributed by atoms with van der Waals surface area (Å²) < 4.78 is 68.0. The van der Waals surface area contributed by atoms with E-state index in [1.54, 1.807) is 0 Å². The van der Waals surface area contributed by atoms with Crippen molar-refractivity contribution in [3.05, 3.63) is 0 Å². The third kappa shape index (κ3) is 60.9. The van der Waals surface area contributed by atoms with Gasteiger partial charge in [0.15, 0.2) is 12.2 Å². The number of phosphoric ester groups is 2. The first-order chi connectivity index (χ1) is 41.5. The largest absolute Gasteiger partial charge is 0.472 e. The first-order valence-electron chi connectivity index (χ1n) is 35.1. The number of carbonyl (C=O) groups is 4. The Bertz CT molecular complexity index is 1670. The molecular formula is C67H130O17P2. The molecule has 5 atom stereocenters. The lowest BCUT2D eigenvalue weighted by Gasteiger charge is -2.21. The molecule has 2 unspecified atom stereocenters. The molecule has 0 rings (SSSR count). The van der Waals surface area contributed by atoms with Gasteiger partial charge in [-0.3, -0.25) is 37.3 Å². The van der Waals surface area contributed by atoms with Crippen molar-refractivity contribution >= 4 is 39.5 Å². The van der Waals surface area contributed by atoms with E-state index in [1.807, 2.05) is 0 Å². The SMILES string of the molecule is CCCCCCCCCCCC(=O)OC[C@H](COP(=O)(O)OC[C@H](O)COP(=O)(O)OC[C@@H](COC(=O)CCCCCCCCCCC)OC(=O)CCCCCCCCCCCCCCCCCCC(C)C)OC(=O)CCCCCCCCCCC. The fourth-order valence-electron chi connectivity index (χ4n) is 10.1. The minimum absolute atomic E-state index is 0.106. The minimum Gasteiger partial charge on any atom is -0.462 e. The van der Waals surface area contributed by atoms with Gasteiger partial charge in [0.1, 0.15) is 19.3 Å². The molecule has 0 amide bonds.